The molecule has 0 bridgehead atoms. The molecule has 0 spiro atoms. The molecule has 3 N–H and O–H groups in total. The molecule has 1 aromatic heterocycles. The number of urea groups is 1. The minimum absolute atomic E-state index is 0.341. The third kappa shape index (κ3) is 4.21. The molecule has 24 heavy (non-hydrogen) atoms. The van der Waals surface area contributed by atoms with Crippen molar-refractivity contribution in [3.05, 3.63) is 71.8 Å². The summed E-state index contributed by atoms with van der Waals surface area (Å²) >= 11 is 6.08. The van der Waals surface area contributed by atoms with Gasteiger partial charge in [-0.3, -0.25) is 5.32 Å². The van der Waals surface area contributed by atoms with Gasteiger partial charge in [0.05, 0.1) is 10.7 Å². The van der Waals surface area contributed by atoms with E-state index in [0.29, 0.717) is 22.3 Å². The number of para-hydroxylation sites is 2. The smallest absolute Gasteiger partial charge is 0.324 e. The Morgan fingerprint density at radius 1 is 0.792 bits per heavy atom. The van der Waals surface area contributed by atoms with E-state index in [1.807, 2.05) is 36.4 Å². The topological polar surface area (TPSA) is 78.9 Å². The van der Waals surface area contributed by atoms with E-state index in [2.05, 4.69) is 26.1 Å². The van der Waals surface area contributed by atoms with Crippen molar-refractivity contribution in [2.75, 3.05) is 16.0 Å². The van der Waals surface area contributed by atoms with Crippen LogP contribution in [0.25, 0.3) is 0 Å². The van der Waals surface area contributed by atoms with Gasteiger partial charge in [-0.2, -0.15) is 0 Å². The maximum absolute atomic E-state index is 11.9. The molecule has 0 atom stereocenters. The van der Waals surface area contributed by atoms with Crippen molar-refractivity contribution in [1.29, 1.82) is 0 Å². The van der Waals surface area contributed by atoms with Crippen LogP contribution in [0.2, 0.25) is 5.02 Å². The highest BCUT2D eigenvalue weighted by Crippen LogP contribution is 2.23. The zero-order chi connectivity index (χ0) is 16.8. The number of rotatable bonds is 4. The van der Waals surface area contributed by atoms with Crippen LogP contribution in [0.5, 0.6) is 0 Å². The summed E-state index contributed by atoms with van der Waals surface area (Å²) in [4.78, 5) is 11.9. The van der Waals surface area contributed by atoms with Crippen LogP contribution in [0.1, 0.15) is 0 Å². The molecule has 1 heterocycles. The monoisotopic (exact) mass is 339 g/mol. The van der Waals surface area contributed by atoms with Gasteiger partial charge in [0.15, 0.2) is 11.6 Å². The van der Waals surface area contributed by atoms with Crippen molar-refractivity contribution < 1.29 is 4.79 Å². The number of hydrogen-bond acceptors (Lipinski definition) is 4. The molecule has 0 aliphatic carbocycles. The fraction of sp³-hybridized carbons (Fsp3) is 0. The summed E-state index contributed by atoms with van der Waals surface area (Å²) in [6.07, 6.45) is 0. The van der Waals surface area contributed by atoms with E-state index in [1.165, 1.54) is 0 Å². The standard InChI is InChI=1S/C17H14ClN5O/c18-13-8-4-5-9-14(13)20-15-10-11-16(23-22-15)21-17(24)19-12-6-2-1-3-7-12/h1-11H,(H,20,22)(H2,19,21,23,24). The Kier molecular flexibility index (Phi) is 4.88. The van der Waals surface area contributed by atoms with E-state index in [-0.39, 0.29) is 6.03 Å². The zero-order valence-electron chi connectivity index (χ0n) is 12.5. The molecule has 0 aliphatic heterocycles. The van der Waals surface area contributed by atoms with Gasteiger partial charge < -0.3 is 10.6 Å². The second-order valence-corrected chi connectivity index (χ2v) is 5.26. The maximum Gasteiger partial charge on any atom is 0.324 e. The van der Waals surface area contributed by atoms with E-state index in [4.69, 9.17) is 11.6 Å². The molecule has 2 aromatic carbocycles. The summed E-state index contributed by atoms with van der Waals surface area (Å²) < 4.78 is 0. The maximum atomic E-state index is 11.9. The summed E-state index contributed by atoms with van der Waals surface area (Å²) in [6.45, 7) is 0. The number of carbonyl (C=O) groups excluding carboxylic acids is 1. The molecule has 0 saturated heterocycles. The van der Waals surface area contributed by atoms with E-state index in [9.17, 15) is 4.79 Å². The van der Waals surface area contributed by atoms with Crippen molar-refractivity contribution in [2.24, 2.45) is 0 Å². The molecule has 120 valence electrons. The average molecular weight is 340 g/mol. The summed E-state index contributed by atoms with van der Waals surface area (Å²) in [5, 5.41) is 16.9. The third-order valence-electron chi connectivity index (χ3n) is 3.07. The Balaban J connectivity index is 1.60. The van der Waals surface area contributed by atoms with Gasteiger partial charge in [-0.05, 0) is 36.4 Å². The minimum Gasteiger partial charge on any atom is -0.338 e. The molecule has 0 unspecified atom stereocenters. The van der Waals surface area contributed by atoms with Gasteiger partial charge in [0.25, 0.3) is 0 Å². The molecule has 3 aromatic rings. The molecule has 0 radical (unpaired) electrons. The van der Waals surface area contributed by atoms with Gasteiger partial charge in [-0.15, -0.1) is 10.2 Å². The number of aromatic nitrogens is 2. The average Bonchev–Trinajstić information content (AvgIpc) is 2.59. The number of anilines is 4. The van der Waals surface area contributed by atoms with Crippen LogP contribution in [0.3, 0.4) is 0 Å². The van der Waals surface area contributed by atoms with E-state index >= 15 is 0 Å². The Morgan fingerprint density at radius 3 is 2.17 bits per heavy atom. The molecule has 0 aliphatic rings. The highest BCUT2D eigenvalue weighted by molar-refractivity contribution is 6.33. The molecule has 3 rings (SSSR count). The third-order valence-corrected chi connectivity index (χ3v) is 3.40. The lowest BCUT2D eigenvalue weighted by molar-refractivity contribution is 0.262. The summed E-state index contributed by atoms with van der Waals surface area (Å²) in [6, 6.07) is 19.4. The predicted octanol–water partition coefficient (Wildman–Crippen LogP) is 4.52. The Labute approximate surface area is 143 Å². The highest BCUT2D eigenvalue weighted by atomic mass is 35.5. The number of hydrogen-bond donors (Lipinski definition) is 3. The fourth-order valence-electron chi connectivity index (χ4n) is 1.97. The first-order chi connectivity index (χ1) is 11.7. The van der Waals surface area contributed by atoms with Gasteiger partial charge >= 0.3 is 6.03 Å². The van der Waals surface area contributed by atoms with Gasteiger partial charge in [-0.25, -0.2) is 4.79 Å². The number of halogens is 1. The van der Waals surface area contributed by atoms with Crippen molar-refractivity contribution >= 4 is 40.6 Å². The number of nitrogens with zero attached hydrogens (tertiary/aromatic N) is 2. The zero-order valence-corrected chi connectivity index (χ0v) is 13.3. The quantitative estimate of drug-likeness (QED) is 0.653. The lowest BCUT2D eigenvalue weighted by Gasteiger charge is -2.08. The Morgan fingerprint density at radius 2 is 1.46 bits per heavy atom. The first-order valence-corrected chi connectivity index (χ1v) is 7.57. The molecule has 2 amide bonds. The Bertz CT molecular complexity index is 824. The summed E-state index contributed by atoms with van der Waals surface area (Å²) in [7, 11) is 0. The van der Waals surface area contributed by atoms with E-state index < -0.39 is 0 Å². The van der Waals surface area contributed by atoms with E-state index in [0.717, 1.165) is 5.69 Å². The second kappa shape index (κ2) is 7.43. The van der Waals surface area contributed by atoms with Gasteiger partial charge in [-0.1, -0.05) is 41.9 Å². The fourth-order valence-corrected chi connectivity index (χ4v) is 2.15. The van der Waals surface area contributed by atoms with Crippen LogP contribution < -0.4 is 16.0 Å². The van der Waals surface area contributed by atoms with Crippen LogP contribution in [-0.4, -0.2) is 16.2 Å². The minimum atomic E-state index is -0.387. The normalized spacial score (nSPS) is 10.0. The van der Waals surface area contributed by atoms with Crippen molar-refractivity contribution in [3.63, 3.8) is 0 Å². The van der Waals surface area contributed by atoms with Crippen molar-refractivity contribution in [2.45, 2.75) is 0 Å². The van der Waals surface area contributed by atoms with Gasteiger partial charge in [0.2, 0.25) is 0 Å². The number of nitrogens with one attached hydrogen (secondary N) is 3. The van der Waals surface area contributed by atoms with Gasteiger partial charge in [0, 0.05) is 5.69 Å². The molecule has 7 heteroatoms. The molecular formula is C17H14ClN5O. The van der Waals surface area contributed by atoms with Crippen LogP contribution in [0.4, 0.5) is 27.8 Å². The molecular weight excluding hydrogens is 326 g/mol. The second-order valence-electron chi connectivity index (χ2n) is 4.85. The molecule has 0 saturated carbocycles. The van der Waals surface area contributed by atoms with Gasteiger partial charge in [0.1, 0.15) is 0 Å². The highest BCUT2D eigenvalue weighted by Gasteiger charge is 2.05. The van der Waals surface area contributed by atoms with Crippen LogP contribution >= 0.6 is 11.6 Å². The molecule has 6 nitrogen and oxygen atoms in total. The number of benzene rings is 2. The SMILES string of the molecule is O=C(Nc1ccccc1)Nc1ccc(Nc2ccccc2Cl)nn1. The first-order valence-electron chi connectivity index (χ1n) is 7.19. The summed E-state index contributed by atoms with van der Waals surface area (Å²) in [5.41, 5.74) is 1.43. The van der Waals surface area contributed by atoms with Crippen LogP contribution in [0.15, 0.2) is 66.7 Å². The lowest BCUT2D eigenvalue weighted by atomic mass is 10.3. The first kappa shape index (κ1) is 15.8. The predicted molar refractivity (Wildman–Crippen MR) is 95.9 cm³/mol. The number of carbonyl (C=O) groups is 1. The van der Waals surface area contributed by atoms with Crippen molar-refractivity contribution in [3.8, 4) is 0 Å². The molecule has 0 fully saturated rings. The van der Waals surface area contributed by atoms with Crippen LogP contribution in [0, 0.1) is 0 Å². The van der Waals surface area contributed by atoms with Crippen LogP contribution in [-0.2, 0) is 0 Å². The summed E-state index contributed by atoms with van der Waals surface area (Å²) in [5.74, 6) is 0.866. The number of amides is 2. The largest absolute Gasteiger partial charge is 0.338 e. The van der Waals surface area contributed by atoms with E-state index in [1.54, 1.807) is 30.3 Å². The lowest BCUT2D eigenvalue weighted by Crippen LogP contribution is -2.20. The van der Waals surface area contributed by atoms with Crippen molar-refractivity contribution in [1.82, 2.24) is 10.2 Å². The Hall–Kier alpha value is -3.12.